The average molecular weight is 434 g/mol. The molecule has 3 aromatic carbocycles. The van der Waals surface area contributed by atoms with E-state index in [4.69, 9.17) is 9.97 Å². The van der Waals surface area contributed by atoms with Gasteiger partial charge in [0, 0.05) is 10.0 Å². The number of halogens is 1. The van der Waals surface area contributed by atoms with E-state index in [2.05, 4.69) is 15.9 Å². The zero-order chi connectivity index (χ0) is 18.4. The molecule has 0 unspecified atom stereocenters. The number of benzene rings is 3. The van der Waals surface area contributed by atoms with Crippen LogP contribution in [0.5, 0.6) is 0 Å². The molecule has 0 aliphatic carbocycles. The van der Waals surface area contributed by atoms with Gasteiger partial charge in [-0.15, -0.1) is 0 Å². The van der Waals surface area contributed by atoms with Gasteiger partial charge >= 0.3 is 0 Å². The molecule has 0 aliphatic rings. The molecule has 2 aromatic heterocycles. The van der Waals surface area contributed by atoms with Crippen LogP contribution >= 0.6 is 27.3 Å². The SMILES string of the molecule is O=c1c2ccccc2nc(-c2ccccc2)n1-c1nc2cccc(Br)c2s1. The van der Waals surface area contributed by atoms with Crippen molar-refractivity contribution in [2.24, 2.45) is 0 Å². The lowest BCUT2D eigenvalue weighted by atomic mass is 10.2. The molecule has 5 rings (SSSR count). The smallest absolute Gasteiger partial charge is 0.268 e. The highest BCUT2D eigenvalue weighted by molar-refractivity contribution is 9.10. The molecule has 27 heavy (non-hydrogen) atoms. The van der Waals surface area contributed by atoms with Crippen molar-refractivity contribution < 1.29 is 0 Å². The fourth-order valence-electron chi connectivity index (χ4n) is 3.09. The van der Waals surface area contributed by atoms with Crippen molar-refractivity contribution in [3.8, 4) is 16.5 Å². The minimum atomic E-state index is -0.116. The Morgan fingerprint density at radius 3 is 2.37 bits per heavy atom. The van der Waals surface area contributed by atoms with E-state index in [1.54, 1.807) is 10.6 Å². The van der Waals surface area contributed by atoms with Gasteiger partial charge in [0.15, 0.2) is 5.13 Å². The van der Waals surface area contributed by atoms with E-state index >= 15 is 0 Å². The molecule has 0 atom stereocenters. The fraction of sp³-hybridized carbons (Fsp3) is 0. The molecule has 0 saturated heterocycles. The maximum Gasteiger partial charge on any atom is 0.268 e. The van der Waals surface area contributed by atoms with E-state index in [-0.39, 0.29) is 5.56 Å². The maximum absolute atomic E-state index is 13.4. The quantitative estimate of drug-likeness (QED) is 0.373. The Balaban J connectivity index is 1.90. The van der Waals surface area contributed by atoms with Crippen molar-refractivity contribution >= 4 is 48.4 Å². The van der Waals surface area contributed by atoms with Crippen molar-refractivity contribution in [1.29, 1.82) is 0 Å². The summed E-state index contributed by atoms with van der Waals surface area (Å²) in [5, 5.41) is 1.19. The van der Waals surface area contributed by atoms with Crippen molar-refractivity contribution in [1.82, 2.24) is 14.5 Å². The van der Waals surface area contributed by atoms with Gasteiger partial charge in [-0.1, -0.05) is 59.9 Å². The van der Waals surface area contributed by atoms with Gasteiger partial charge in [-0.05, 0) is 40.2 Å². The Morgan fingerprint density at radius 1 is 0.815 bits per heavy atom. The maximum atomic E-state index is 13.4. The van der Waals surface area contributed by atoms with Crippen molar-refractivity contribution in [2.45, 2.75) is 0 Å². The van der Waals surface area contributed by atoms with Crippen LogP contribution in [0.15, 0.2) is 82.1 Å². The number of hydrogen-bond acceptors (Lipinski definition) is 4. The van der Waals surface area contributed by atoms with Crippen LogP contribution in [0, 0.1) is 0 Å². The number of rotatable bonds is 2. The molecule has 6 heteroatoms. The second kappa shape index (κ2) is 6.40. The third kappa shape index (κ3) is 2.69. The monoisotopic (exact) mass is 433 g/mol. The summed E-state index contributed by atoms with van der Waals surface area (Å²) in [5.41, 5.74) is 2.29. The topological polar surface area (TPSA) is 47.8 Å². The molecular weight excluding hydrogens is 422 g/mol. The van der Waals surface area contributed by atoms with Crippen molar-refractivity contribution in [3.05, 3.63) is 87.6 Å². The molecule has 5 aromatic rings. The van der Waals surface area contributed by atoms with Crippen LogP contribution in [0.3, 0.4) is 0 Å². The van der Waals surface area contributed by atoms with Crippen LogP contribution in [-0.2, 0) is 0 Å². The van der Waals surface area contributed by atoms with Crippen LogP contribution in [-0.4, -0.2) is 14.5 Å². The minimum Gasteiger partial charge on any atom is -0.268 e. The third-order valence-corrected chi connectivity index (χ3v) is 6.37. The van der Waals surface area contributed by atoms with E-state index in [1.807, 2.05) is 66.7 Å². The van der Waals surface area contributed by atoms with Crippen LogP contribution < -0.4 is 5.56 Å². The van der Waals surface area contributed by atoms with Crippen LogP contribution in [0.2, 0.25) is 0 Å². The second-order valence-electron chi connectivity index (χ2n) is 6.04. The summed E-state index contributed by atoms with van der Waals surface area (Å²) in [7, 11) is 0. The Kier molecular flexibility index (Phi) is 3.88. The summed E-state index contributed by atoms with van der Waals surface area (Å²) < 4.78 is 3.59. The van der Waals surface area contributed by atoms with E-state index in [9.17, 15) is 4.79 Å². The summed E-state index contributed by atoms with van der Waals surface area (Å²) in [6.07, 6.45) is 0. The van der Waals surface area contributed by atoms with Crippen LogP contribution in [0.25, 0.3) is 37.6 Å². The van der Waals surface area contributed by atoms with Gasteiger partial charge < -0.3 is 0 Å². The molecule has 0 saturated carbocycles. The van der Waals surface area contributed by atoms with Crippen molar-refractivity contribution in [2.75, 3.05) is 0 Å². The van der Waals surface area contributed by atoms with E-state index in [0.29, 0.717) is 21.9 Å². The Hall–Kier alpha value is -2.83. The summed E-state index contributed by atoms with van der Waals surface area (Å²) in [5.74, 6) is 0.592. The summed E-state index contributed by atoms with van der Waals surface area (Å²) in [4.78, 5) is 22.9. The largest absolute Gasteiger partial charge is 0.268 e. The second-order valence-corrected chi connectivity index (χ2v) is 7.88. The van der Waals surface area contributed by atoms with Gasteiger partial charge in [0.25, 0.3) is 5.56 Å². The number of nitrogens with zero attached hydrogens (tertiary/aromatic N) is 3. The third-order valence-electron chi connectivity index (χ3n) is 4.35. The highest BCUT2D eigenvalue weighted by atomic mass is 79.9. The Morgan fingerprint density at radius 2 is 1.56 bits per heavy atom. The van der Waals surface area contributed by atoms with Gasteiger partial charge in [-0.25, -0.2) is 14.5 Å². The first-order valence-corrected chi connectivity index (χ1v) is 9.96. The predicted octanol–water partition coefficient (Wildman–Crippen LogP) is 5.42. The van der Waals surface area contributed by atoms with Crippen LogP contribution in [0.4, 0.5) is 0 Å². The average Bonchev–Trinajstić information content (AvgIpc) is 3.14. The normalized spacial score (nSPS) is 11.3. The standard InChI is InChI=1S/C21H12BrN3OS/c22-15-10-6-12-17-18(15)27-21(24-17)25-19(13-7-2-1-3-8-13)23-16-11-5-4-9-14(16)20(25)26/h1-12H. The van der Waals surface area contributed by atoms with Gasteiger partial charge in [0.05, 0.1) is 21.1 Å². The molecule has 0 bridgehead atoms. The molecule has 130 valence electrons. The highest BCUT2D eigenvalue weighted by Crippen LogP contribution is 2.32. The zero-order valence-electron chi connectivity index (χ0n) is 14.0. The number of hydrogen-bond donors (Lipinski definition) is 0. The molecule has 0 aliphatic heterocycles. The molecule has 0 fully saturated rings. The predicted molar refractivity (Wildman–Crippen MR) is 114 cm³/mol. The van der Waals surface area contributed by atoms with E-state index in [0.717, 1.165) is 20.3 Å². The first kappa shape index (κ1) is 16.4. The molecule has 0 N–H and O–H groups in total. The van der Waals surface area contributed by atoms with Gasteiger partial charge in [0.2, 0.25) is 0 Å². The number of aromatic nitrogens is 3. The number of thiazole rings is 1. The Bertz CT molecular complexity index is 1360. The van der Waals surface area contributed by atoms with E-state index < -0.39 is 0 Å². The van der Waals surface area contributed by atoms with Gasteiger partial charge in [-0.3, -0.25) is 4.79 Å². The molecule has 0 spiro atoms. The van der Waals surface area contributed by atoms with Gasteiger partial charge in [0.1, 0.15) is 5.82 Å². The number of fused-ring (bicyclic) bond motifs is 2. The lowest BCUT2D eigenvalue weighted by molar-refractivity contribution is 0.965. The first-order chi connectivity index (χ1) is 13.2. The number of para-hydroxylation sites is 1. The first-order valence-electron chi connectivity index (χ1n) is 8.35. The Labute approximate surface area is 166 Å². The lowest BCUT2D eigenvalue weighted by Crippen LogP contribution is -2.21. The summed E-state index contributed by atoms with van der Waals surface area (Å²) in [6.45, 7) is 0. The van der Waals surface area contributed by atoms with E-state index in [1.165, 1.54) is 11.3 Å². The zero-order valence-corrected chi connectivity index (χ0v) is 16.4. The minimum absolute atomic E-state index is 0.116. The highest BCUT2D eigenvalue weighted by Gasteiger charge is 2.17. The fourth-order valence-corrected chi connectivity index (χ4v) is 4.66. The summed E-state index contributed by atoms with van der Waals surface area (Å²) in [6, 6.07) is 23.0. The molecule has 4 nitrogen and oxygen atoms in total. The lowest BCUT2D eigenvalue weighted by Gasteiger charge is -2.11. The molecule has 2 heterocycles. The van der Waals surface area contributed by atoms with Crippen LogP contribution in [0.1, 0.15) is 0 Å². The summed E-state index contributed by atoms with van der Waals surface area (Å²) >= 11 is 5.05. The molecular formula is C21H12BrN3OS. The van der Waals surface area contributed by atoms with Crippen molar-refractivity contribution in [3.63, 3.8) is 0 Å². The molecule has 0 amide bonds. The molecule has 0 radical (unpaired) electrons. The van der Waals surface area contributed by atoms with Gasteiger partial charge in [-0.2, -0.15) is 0 Å².